The van der Waals surface area contributed by atoms with Crippen LogP contribution < -0.4 is 0 Å². The van der Waals surface area contributed by atoms with Gasteiger partial charge in [-0.05, 0) is 13.8 Å². The molecule has 4 heterocycles. The summed E-state index contributed by atoms with van der Waals surface area (Å²) in [6.45, 7) is 4.76. The fourth-order valence-electron chi connectivity index (χ4n) is 1.38. The van der Waals surface area contributed by atoms with E-state index in [9.17, 15) is 0 Å². The van der Waals surface area contributed by atoms with Crippen LogP contribution in [-0.2, 0) is 0 Å². The summed E-state index contributed by atoms with van der Waals surface area (Å²) in [5.41, 5.74) is 0. The zero-order valence-corrected chi connectivity index (χ0v) is 10.1. The SMILES string of the molecule is CC12SC1(SC13SC1(C)S3)S2. The van der Waals surface area contributed by atoms with Crippen molar-refractivity contribution in [1.82, 2.24) is 0 Å². The van der Waals surface area contributed by atoms with Gasteiger partial charge in [0, 0.05) is 0 Å². The van der Waals surface area contributed by atoms with Crippen molar-refractivity contribution in [2.45, 2.75) is 28.8 Å². The predicted molar refractivity (Wildman–Crippen MR) is 60.2 cm³/mol. The summed E-state index contributed by atoms with van der Waals surface area (Å²) in [4.78, 5) is 0. The van der Waals surface area contributed by atoms with E-state index >= 15 is 0 Å². The summed E-state index contributed by atoms with van der Waals surface area (Å²) in [5, 5.41) is 0. The summed E-state index contributed by atoms with van der Waals surface area (Å²) in [5.74, 6) is 0. The summed E-state index contributed by atoms with van der Waals surface area (Å²) in [6, 6.07) is 0. The van der Waals surface area contributed by atoms with Crippen molar-refractivity contribution in [2.75, 3.05) is 0 Å². The monoisotopic (exact) mass is 238 g/mol. The maximum Gasteiger partial charge on any atom is 0.135 e. The molecule has 0 bridgehead atoms. The molecule has 4 fully saturated rings. The Hall–Kier alpha value is 1.75. The van der Waals surface area contributed by atoms with E-state index in [0.29, 0.717) is 15.0 Å². The topological polar surface area (TPSA) is 0 Å². The third-order valence-electron chi connectivity index (χ3n) is 2.53. The first-order valence-electron chi connectivity index (χ1n) is 3.54. The van der Waals surface area contributed by atoms with E-state index in [1.807, 2.05) is 0 Å². The van der Waals surface area contributed by atoms with Gasteiger partial charge in [-0.15, -0.1) is 47.0 Å². The molecule has 60 valence electrons. The molecule has 0 radical (unpaired) electrons. The fourth-order valence-corrected chi connectivity index (χ4v) is 12.9. The Kier molecular flexibility index (Phi) is 0.926. The number of hydrogen-bond acceptors (Lipinski definition) is 5. The van der Waals surface area contributed by atoms with Crippen molar-refractivity contribution in [1.29, 1.82) is 0 Å². The van der Waals surface area contributed by atoms with Crippen molar-refractivity contribution in [2.24, 2.45) is 0 Å². The van der Waals surface area contributed by atoms with Gasteiger partial charge in [-0.2, -0.15) is 0 Å². The molecule has 4 aliphatic rings. The summed E-state index contributed by atoms with van der Waals surface area (Å²) >= 11 is 10.9. The van der Waals surface area contributed by atoms with Crippen LogP contribution in [0.3, 0.4) is 0 Å². The molecule has 4 rings (SSSR count). The molecule has 0 spiro atoms. The van der Waals surface area contributed by atoms with Gasteiger partial charge in [-0.25, -0.2) is 0 Å². The number of rotatable bonds is 2. The van der Waals surface area contributed by atoms with Gasteiger partial charge in [-0.1, -0.05) is 11.8 Å². The van der Waals surface area contributed by atoms with E-state index < -0.39 is 0 Å². The highest BCUT2D eigenvalue weighted by atomic mass is 32.3. The molecule has 0 atom stereocenters. The number of thioether (sulfide) groups is 5. The fraction of sp³-hybridized carbons (Fsp3) is 1.00. The molecule has 0 aliphatic carbocycles. The zero-order chi connectivity index (χ0) is 7.54. The molecule has 4 aliphatic heterocycles. The first-order chi connectivity index (χ1) is 5.04. The minimum absolute atomic E-state index is 0.626. The predicted octanol–water partition coefficient (Wildman–Crippen LogP) is 3.45. The highest BCUT2D eigenvalue weighted by Gasteiger charge is 2.94. The Morgan fingerprint density at radius 3 is 1.27 bits per heavy atom. The maximum atomic E-state index is 2.38. The molecule has 0 nitrogen and oxygen atoms in total. The van der Waals surface area contributed by atoms with Crippen LogP contribution in [0.25, 0.3) is 0 Å². The second-order valence-corrected chi connectivity index (χ2v) is 13.5. The van der Waals surface area contributed by atoms with Crippen LogP contribution in [-0.4, -0.2) is 15.0 Å². The molecular formula is C6H6S5. The number of hydrogen-bond donors (Lipinski definition) is 0. The maximum absolute atomic E-state index is 2.38. The largest absolute Gasteiger partial charge is 0.135 e. The van der Waals surface area contributed by atoms with Crippen molar-refractivity contribution in [3.05, 3.63) is 0 Å². The van der Waals surface area contributed by atoms with Gasteiger partial charge in [0.05, 0.1) is 8.16 Å². The quantitative estimate of drug-likeness (QED) is 0.674. The van der Waals surface area contributed by atoms with Crippen LogP contribution in [0, 0.1) is 0 Å². The minimum atomic E-state index is 0.626. The lowest BCUT2D eigenvalue weighted by atomic mass is 10.6. The highest BCUT2D eigenvalue weighted by molar-refractivity contribution is 8.66. The first kappa shape index (κ1) is 7.10. The third-order valence-corrected chi connectivity index (χ3v) is 13.6. The molecule has 0 N–H and O–H groups in total. The summed E-state index contributed by atoms with van der Waals surface area (Å²) in [7, 11) is 0. The van der Waals surface area contributed by atoms with E-state index in [4.69, 9.17) is 0 Å². The lowest BCUT2D eigenvalue weighted by Crippen LogP contribution is -1.89. The zero-order valence-electron chi connectivity index (χ0n) is 6.04. The standard InChI is InChI=1S/C6H6S5/c1-3-5(7-3,8-3)11-6-4(2,9-6)10-6/h1-2H3. The van der Waals surface area contributed by atoms with Gasteiger partial charge in [-0.3, -0.25) is 0 Å². The Morgan fingerprint density at radius 2 is 1.09 bits per heavy atom. The first-order valence-corrected chi connectivity index (χ1v) is 7.62. The van der Waals surface area contributed by atoms with Gasteiger partial charge in [0.2, 0.25) is 0 Å². The second-order valence-electron chi connectivity index (χ2n) is 3.51. The van der Waals surface area contributed by atoms with E-state index in [1.54, 1.807) is 0 Å². The van der Waals surface area contributed by atoms with E-state index in [0.717, 1.165) is 0 Å². The van der Waals surface area contributed by atoms with Crippen LogP contribution in [0.15, 0.2) is 0 Å². The summed E-state index contributed by atoms with van der Waals surface area (Å²) in [6.07, 6.45) is 0. The van der Waals surface area contributed by atoms with Crippen LogP contribution >= 0.6 is 58.8 Å². The molecule has 0 aromatic carbocycles. The second kappa shape index (κ2) is 1.44. The average molecular weight is 238 g/mol. The van der Waals surface area contributed by atoms with Gasteiger partial charge < -0.3 is 0 Å². The Labute approximate surface area is 87.2 Å². The Bertz CT molecular complexity index is 245. The Balaban J connectivity index is 1.58. The minimum Gasteiger partial charge on any atom is -0.110 e. The average Bonchev–Trinajstić information content (AvgIpc) is 2.57. The molecule has 11 heavy (non-hydrogen) atoms. The van der Waals surface area contributed by atoms with Crippen molar-refractivity contribution < 1.29 is 0 Å². The van der Waals surface area contributed by atoms with Crippen LogP contribution in [0.1, 0.15) is 13.8 Å². The van der Waals surface area contributed by atoms with Crippen LogP contribution in [0.5, 0.6) is 0 Å². The molecule has 5 heteroatoms. The molecule has 0 unspecified atom stereocenters. The highest BCUT2D eigenvalue weighted by Crippen LogP contribution is 3.06. The molecule has 0 aromatic rings. The van der Waals surface area contributed by atoms with Crippen molar-refractivity contribution in [3.63, 3.8) is 0 Å². The van der Waals surface area contributed by atoms with Crippen molar-refractivity contribution >= 4 is 58.8 Å². The molecule has 0 saturated carbocycles. The van der Waals surface area contributed by atoms with Gasteiger partial charge in [0.15, 0.2) is 0 Å². The smallest absolute Gasteiger partial charge is 0.110 e. The van der Waals surface area contributed by atoms with Crippen LogP contribution in [0.2, 0.25) is 0 Å². The molecule has 0 aromatic heterocycles. The van der Waals surface area contributed by atoms with Crippen molar-refractivity contribution in [3.8, 4) is 0 Å². The normalized spacial score (nSPS) is 80.2. The molecular weight excluding hydrogens is 232 g/mol. The van der Waals surface area contributed by atoms with Crippen LogP contribution in [0.4, 0.5) is 0 Å². The van der Waals surface area contributed by atoms with Gasteiger partial charge in [0.1, 0.15) is 6.82 Å². The third kappa shape index (κ3) is 0.641. The number of fused-ring (bicyclic) bond motifs is 2. The molecule has 4 saturated heterocycles. The van der Waals surface area contributed by atoms with E-state index in [1.165, 1.54) is 0 Å². The van der Waals surface area contributed by atoms with E-state index in [2.05, 4.69) is 72.7 Å². The van der Waals surface area contributed by atoms with E-state index in [-0.39, 0.29) is 0 Å². The molecule has 0 amide bonds. The van der Waals surface area contributed by atoms with Gasteiger partial charge >= 0.3 is 0 Å². The lowest BCUT2D eigenvalue weighted by molar-refractivity contribution is 1.17. The lowest BCUT2D eigenvalue weighted by Gasteiger charge is -1.99. The Morgan fingerprint density at radius 1 is 0.818 bits per heavy atom. The summed E-state index contributed by atoms with van der Waals surface area (Å²) < 4.78 is 2.53. The van der Waals surface area contributed by atoms with Gasteiger partial charge in [0.25, 0.3) is 0 Å².